The number of ketones is 1. The number of carbonyl (C=O) groups excluding carboxylic acids is 1. The van der Waals surface area contributed by atoms with E-state index in [1.54, 1.807) is 13.0 Å². The van der Waals surface area contributed by atoms with Crippen molar-refractivity contribution >= 4 is 5.78 Å². The standard InChI is InChI=1S/C14H10F2O/c1-9-8-10(15)6-7-11(9)14(17)12-4-2-3-5-13(12)16/h2-8H,1H3. The maximum Gasteiger partial charge on any atom is 0.196 e. The monoisotopic (exact) mass is 232 g/mol. The van der Waals surface area contributed by atoms with E-state index in [9.17, 15) is 13.6 Å². The molecule has 0 saturated heterocycles. The maximum absolute atomic E-state index is 13.4. The molecule has 2 aromatic carbocycles. The van der Waals surface area contributed by atoms with E-state index in [1.165, 1.54) is 36.4 Å². The summed E-state index contributed by atoms with van der Waals surface area (Å²) in [5, 5.41) is 0. The summed E-state index contributed by atoms with van der Waals surface area (Å²) < 4.78 is 26.3. The molecule has 17 heavy (non-hydrogen) atoms. The molecule has 86 valence electrons. The third-order valence-corrected chi connectivity index (χ3v) is 2.55. The average Bonchev–Trinajstić information content (AvgIpc) is 2.29. The lowest BCUT2D eigenvalue weighted by molar-refractivity contribution is 0.103. The summed E-state index contributed by atoms with van der Waals surface area (Å²) in [5.41, 5.74) is 0.817. The zero-order valence-corrected chi connectivity index (χ0v) is 9.21. The molecule has 3 heteroatoms. The van der Waals surface area contributed by atoms with Gasteiger partial charge in [-0.2, -0.15) is 0 Å². The second-order valence-corrected chi connectivity index (χ2v) is 3.77. The topological polar surface area (TPSA) is 17.1 Å². The molecule has 0 N–H and O–H groups in total. The molecule has 2 aromatic rings. The first-order chi connectivity index (χ1) is 8.09. The van der Waals surface area contributed by atoms with Crippen molar-refractivity contribution in [2.75, 3.05) is 0 Å². The lowest BCUT2D eigenvalue weighted by atomic mass is 9.99. The van der Waals surface area contributed by atoms with E-state index < -0.39 is 17.4 Å². The summed E-state index contributed by atoms with van der Waals surface area (Å²) >= 11 is 0. The molecule has 0 aliphatic heterocycles. The van der Waals surface area contributed by atoms with E-state index in [-0.39, 0.29) is 5.56 Å². The number of halogens is 2. The Balaban J connectivity index is 2.48. The molecular weight excluding hydrogens is 222 g/mol. The smallest absolute Gasteiger partial charge is 0.196 e. The van der Waals surface area contributed by atoms with Gasteiger partial charge in [0, 0.05) is 5.56 Å². The molecule has 0 spiro atoms. The minimum Gasteiger partial charge on any atom is -0.288 e. The Morgan fingerprint density at radius 2 is 1.71 bits per heavy atom. The van der Waals surface area contributed by atoms with Crippen LogP contribution in [0.1, 0.15) is 21.5 Å². The van der Waals surface area contributed by atoms with Crippen LogP contribution in [0.25, 0.3) is 0 Å². The fourth-order valence-electron chi connectivity index (χ4n) is 1.67. The SMILES string of the molecule is Cc1cc(F)ccc1C(=O)c1ccccc1F. The minimum atomic E-state index is -0.568. The van der Waals surface area contributed by atoms with Crippen molar-refractivity contribution in [1.82, 2.24) is 0 Å². The van der Waals surface area contributed by atoms with Crippen molar-refractivity contribution < 1.29 is 13.6 Å². The Hall–Kier alpha value is -2.03. The fraction of sp³-hybridized carbons (Fsp3) is 0.0714. The predicted octanol–water partition coefficient (Wildman–Crippen LogP) is 3.50. The fourth-order valence-corrected chi connectivity index (χ4v) is 1.67. The molecule has 2 rings (SSSR count). The number of hydrogen-bond donors (Lipinski definition) is 0. The Morgan fingerprint density at radius 3 is 2.35 bits per heavy atom. The van der Waals surface area contributed by atoms with Gasteiger partial charge in [0.25, 0.3) is 0 Å². The van der Waals surface area contributed by atoms with Crippen molar-refractivity contribution in [3.63, 3.8) is 0 Å². The van der Waals surface area contributed by atoms with Crippen LogP contribution >= 0.6 is 0 Å². The Labute approximate surface area is 97.7 Å². The molecule has 0 radical (unpaired) electrons. The van der Waals surface area contributed by atoms with E-state index in [0.29, 0.717) is 11.1 Å². The average molecular weight is 232 g/mol. The van der Waals surface area contributed by atoms with Gasteiger partial charge in [0.2, 0.25) is 0 Å². The van der Waals surface area contributed by atoms with Crippen molar-refractivity contribution in [1.29, 1.82) is 0 Å². The Kier molecular flexibility index (Phi) is 3.00. The molecule has 1 nitrogen and oxygen atoms in total. The summed E-state index contributed by atoms with van der Waals surface area (Å²) in [4.78, 5) is 12.0. The molecule has 0 bridgehead atoms. The molecule has 0 aliphatic carbocycles. The summed E-state index contributed by atoms with van der Waals surface area (Å²) in [6.45, 7) is 1.62. The van der Waals surface area contributed by atoms with Crippen LogP contribution in [-0.2, 0) is 0 Å². The normalized spacial score (nSPS) is 10.3. The van der Waals surface area contributed by atoms with Crippen LogP contribution in [0.4, 0.5) is 8.78 Å². The molecule has 0 saturated carbocycles. The highest BCUT2D eigenvalue weighted by molar-refractivity contribution is 6.10. The number of hydrogen-bond acceptors (Lipinski definition) is 1. The quantitative estimate of drug-likeness (QED) is 0.724. The van der Waals surface area contributed by atoms with Crippen LogP contribution in [-0.4, -0.2) is 5.78 Å². The number of rotatable bonds is 2. The van der Waals surface area contributed by atoms with Crippen molar-refractivity contribution in [2.45, 2.75) is 6.92 Å². The van der Waals surface area contributed by atoms with Gasteiger partial charge in [-0.25, -0.2) is 8.78 Å². The molecule has 0 aromatic heterocycles. The zero-order valence-electron chi connectivity index (χ0n) is 9.21. The second kappa shape index (κ2) is 4.45. The first kappa shape index (κ1) is 11.5. The summed E-state index contributed by atoms with van der Waals surface area (Å²) in [6.07, 6.45) is 0. The lowest BCUT2D eigenvalue weighted by Crippen LogP contribution is -2.06. The van der Waals surface area contributed by atoms with E-state index in [1.807, 2.05) is 0 Å². The molecule has 0 aliphatic rings. The highest BCUT2D eigenvalue weighted by atomic mass is 19.1. The number of aryl methyl sites for hydroxylation is 1. The molecular formula is C14H10F2O. The van der Waals surface area contributed by atoms with Crippen LogP contribution in [0.5, 0.6) is 0 Å². The Bertz CT molecular complexity index is 576. The van der Waals surface area contributed by atoms with Gasteiger partial charge in [0.15, 0.2) is 5.78 Å². The largest absolute Gasteiger partial charge is 0.288 e. The second-order valence-electron chi connectivity index (χ2n) is 3.77. The zero-order chi connectivity index (χ0) is 12.4. The van der Waals surface area contributed by atoms with Gasteiger partial charge in [-0.15, -0.1) is 0 Å². The van der Waals surface area contributed by atoms with Gasteiger partial charge in [-0.05, 0) is 42.8 Å². The van der Waals surface area contributed by atoms with E-state index >= 15 is 0 Å². The molecule has 0 heterocycles. The van der Waals surface area contributed by atoms with Crippen LogP contribution < -0.4 is 0 Å². The summed E-state index contributed by atoms with van der Waals surface area (Å²) in [7, 11) is 0. The summed E-state index contributed by atoms with van der Waals surface area (Å²) in [5.74, 6) is -1.41. The molecule has 0 fully saturated rings. The van der Waals surface area contributed by atoms with Gasteiger partial charge in [0.1, 0.15) is 11.6 Å². The lowest BCUT2D eigenvalue weighted by Gasteiger charge is -2.05. The van der Waals surface area contributed by atoms with E-state index in [0.717, 1.165) is 0 Å². The van der Waals surface area contributed by atoms with Crippen molar-refractivity contribution in [2.24, 2.45) is 0 Å². The highest BCUT2D eigenvalue weighted by Crippen LogP contribution is 2.17. The predicted molar refractivity (Wildman–Crippen MR) is 61.0 cm³/mol. The molecule has 0 amide bonds. The van der Waals surface area contributed by atoms with Crippen LogP contribution in [0.15, 0.2) is 42.5 Å². The highest BCUT2D eigenvalue weighted by Gasteiger charge is 2.15. The van der Waals surface area contributed by atoms with Crippen LogP contribution in [0.3, 0.4) is 0 Å². The first-order valence-corrected chi connectivity index (χ1v) is 5.15. The summed E-state index contributed by atoms with van der Waals surface area (Å²) in [6, 6.07) is 9.58. The van der Waals surface area contributed by atoms with Gasteiger partial charge in [-0.3, -0.25) is 4.79 Å². The van der Waals surface area contributed by atoms with Crippen molar-refractivity contribution in [3.05, 3.63) is 70.8 Å². The van der Waals surface area contributed by atoms with Crippen LogP contribution in [0, 0.1) is 18.6 Å². The molecule has 0 atom stereocenters. The molecule has 0 unspecified atom stereocenters. The van der Waals surface area contributed by atoms with Crippen LogP contribution in [0.2, 0.25) is 0 Å². The van der Waals surface area contributed by atoms with E-state index in [2.05, 4.69) is 0 Å². The Morgan fingerprint density at radius 1 is 1.00 bits per heavy atom. The third kappa shape index (κ3) is 2.23. The van der Waals surface area contributed by atoms with Gasteiger partial charge in [0.05, 0.1) is 5.56 Å². The number of carbonyl (C=O) groups is 1. The maximum atomic E-state index is 13.4. The minimum absolute atomic E-state index is 0.00204. The number of benzene rings is 2. The van der Waals surface area contributed by atoms with E-state index in [4.69, 9.17) is 0 Å². The van der Waals surface area contributed by atoms with Gasteiger partial charge < -0.3 is 0 Å². The first-order valence-electron chi connectivity index (χ1n) is 5.15. The van der Waals surface area contributed by atoms with Gasteiger partial charge in [-0.1, -0.05) is 12.1 Å². The van der Waals surface area contributed by atoms with Gasteiger partial charge >= 0.3 is 0 Å². The van der Waals surface area contributed by atoms with Crippen molar-refractivity contribution in [3.8, 4) is 0 Å². The third-order valence-electron chi connectivity index (χ3n) is 2.55.